The normalized spacial score (nSPS) is 15.9. The van der Waals surface area contributed by atoms with Crippen molar-refractivity contribution in [2.24, 2.45) is 11.1 Å². The average molecular weight is 277 g/mol. The number of aryl methyl sites for hydroxylation is 1. The molecule has 1 aromatic heterocycles. The number of pyridine rings is 1. The summed E-state index contributed by atoms with van der Waals surface area (Å²) in [6.45, 7) is 5.06. The van der Waals surface area contributed by atoms with E-state index in [1.165, 1.54) is 0 Å². The van der Waals surface area contributed by atoms with E-state index >= 15 is 0 Å². The van der Waals surface area contributed by atoms with Gasteiger partial charge in [0.15, 0.2) is 0 Å². The molecule has 0 spiro atoms. The molecule has 102 valence electrons. The molecule has 1 fully saturated rings. The number of carbonyl (C=O) groups excluding carboxylic acids is 1. The Hall–Kier alpha value is -1.49. The smallest absolute Gasteiger partial charge is 0.235 e. The summed E-state index contributed by atoms with van der Waals surface area (Å²) in [5.74, 6) is 0.0470. The zero-order valence-electron chi connectivity index (χ0n) is 11.3. The fourth-order valence-corrected chi connectivity index (χ4v) is 2.50. The zero-order chi connectivity index (χ0) is 14.0. The Bertz CT molecular complexity index is 511. The number of hydrogen-bond acceptors (Lipinski definition) is 3. The first-order chi connectivity index (χ1) is 8.99. The van der Waals surface area contributed by atoms with Gasteiger partial charge in [0.1, 0.15) is 0 Å². The second-order valence-corrected chi connectivity index (χ2v) is 5.48. The fraction of sp³-hybridized carbons (Fsp3) is 0.500. The lowest BCUT2D eigenvalue weighted by Gasteiger charge is -2.25. The number of hydrogen-bond donors (Lipinski definition) is 1. The van der Waals surface area contributed by atoms with Gasteiger partial charge < -0.3 is 10.6 Å². The van der Waals surface area contributed by atoms with Crippen LogP contribution in [0.1, 0.15) is 31.2 Å². The first-order valence-corrected chi connectivity index (χ1v) is 6.92. The maximum absolute atomic E-state index is 12.5. The van der Waals surface area contributed by atoms with E-state index in [-0.39, 0.29) is 5.91 Å². The maximum atomic E-state index is 12.5. The second-order valence-electron chi connectivity index (χ2n) is 5.04. The SMILES string of the molecule is CCN(Cc1cccc(C)n1)C(=O)C1(C(N)=S)CC1. The van der Waals surface area contributed by atoms with E-state index in [4.69, 9.17) is 18.0 Å². The molecular weight excluding hydrogens is 258 g/mol. The topological polar surface area (TPSA) is 59.2 Å². The van der Waals surface area contributed by atoms with Crippen molar-refractivity contribution in [2.75, 3.05) is 6.54 Å². The highest BCUT2D eigenvalue weighted by Crippen LogP contribution is 2.47. The van der Waals surface area contributed by atoms with Crippen LogP contribution in [0.3, 0.4) is 0 Å². The summed E-state index contributed by atoms with van der Waals surface area (Å²) in [6, 6.07) is 5.83. The van der Waals surface area contributed by atoms with Gasteiger partial charge in [0.2, 0.25) is 5.91 Å². The molecule has 0 radical (unpaired) electrons. The van der Waals surface area contributed by atoms with E-state index in [1.54, 1.807) is 4.90 Å². The van der Waals surface area contributed by atoms with Crippen molar-refractivity contribution in [3.63, 3.8) is 0 Å². The van der Waals surface area contributed by atoms with Crippen molar-refractivity contribution in [3.05, 3.63) is 29.6 Å². The third-order valence-corrected chi connectivity index (χ3v) is 3.99. The van der Waals surface area contributed by atoms with Gasteiger partial charge in [0, 0.05) is 12.2 Å². The van der Waals surface area contributed by atoms with Crippen LogP contribution in [0.4, 0.5) is 0 Å². The quantitative estimate of drug-likeness (QED) is 0.834. The molecule has 0 atom stereocenters. The second kappa shape index (κ2) is 5.25. The Morgan fingerprint density at radius 3 is 2.68 bits per heavy atom. The molecule has 1 aliphatic carbocycles. The predicted molar refractivity (Wildman–Crippen MR) is 78.5 cm³/mol. The fourth-order valence-electron chi connectivity index (χ4n) is 2.20. The number of rotatable bonds is 5. The number of nitrogens with two attached hydrogens (primary N) is 1. The van der Waals surface area contributed by atoms with Crippen molar-refractivity contribution in [1.29, 1.82) is 0 Å². The standard InChI is InChI=1S/C14H19N3OS/c1-3-17(9-11-6-4-5-10(2)16-11)13(18)14(7-8-14)12(15)19/h4-6H,3,7-9H2,1-2H3,(H2,15,19). The largest absolute Gasteiger partial charge is 0.392 e. The van der Waals surface area contributed by atoms with Gasteiger partial charge in [-0.3, -0.25) is 9.78 Å². The summed E-state index contributed by atoms with van der Waals surface area (Å²) in [4.78, 5) is 19.1. The average Bonchev–Trinajstić information content (AvgIpc) is 3.16. The van der Waals surface area contributed by atoms with Crippen LogP contribution >= 0.6 is 12.2 Å². The molecule has 1 aromatic rings. The summed E-state index contributed by atoms with van der Waals surface area (Å²) in [5, 5.41) is 0. The Kier molecular flexibility index (Phi) is 3.85. The lowest BCUT2D eigenvalue weighted by molar-refractivity contribution is -0.134. The third kappa shape index (κ3) is 2.76. The zero-order valence-corrected chi connectivity index (χ0v) is 12.2. The predicted octanol–water partition coefficient (Wildman–Crippen LogP) is 1.80. The molecule has 1 saturated carbocycles. The van der Waals surface area contributed by atoms with E-state index in [0.717, 1.165) is 24.2 Å². The minimum absolute atomic E-state index is 0.0470. The molecule has 0 aliphatic heterocycles. The van der Waals surface area contributed by atoms with Gasteiger partial charge in [-0.2, -0.15) is 0 Å². The Balaban J connectivity index is 2.13. The first-order valence-electron chi connectivity index (χ1n) is 6.51. The monoisotopic (exact) mass is 277 g/mol. The van der Waals surface area contributed by atoms with E-state index < -0.39 is 5.41 Å². The van der Waals surface area contributed by atoms with Crippen molar-refractivity contribution in [3.8, 4) is 0 Å². The molecule has 1 aliphatic rings. The molecule has 0 aromatic carbocycles. The summed E-state index contributed by atoms with van der Waals surface area (Å²) in [5.41, 5.74) is 6.99. The summed E-state index contributed by atoms with van der Waals surface area (Å²) >= 11 is 5.04. The number of amides is 1. The lowest BCUT2D eigenvalue weighted by Crippen LogP contribution is -2.42. The van der Waals surface area contributed by atoms with Gasteiger partial charge in [-0.1, -0.05) is 18.3 Å². The molecule has 19 heavy (non-hydrogen) atoms. The number of aromatic nitrogens is 1. The highest BCUT2D eigenvalue weighted by atomic mass is 32.1. The van der Waals surface area contributed by atoms with Crippen LogP contribution < -0.4 is 5.73 Å². The summed E-state index contributed by atoms with van der Waals surface area (Å²) < 4.78 is 0. The molecule has 0 unspecified atom stereocenters. The van der Waals surface area contributed by atoms with E-state index in [0.29, 0.717) is 18.1 Å². The molecule has 1 heterocycles. The van der Waals surface area contributed by atoms with Crippen LogP contribution in [0.2, 0.25) is 0 Å². The summed E-state index contributed by atoms with van der Waals surface area (Å²) in [7, 11) is 0. The van der Waals surface area contributed by atoms with E-state index in [1.807, 2.05) is 32.0 Å². The van der Waals surface area contributed by atoms with Crippen LogP contribution in [-0.2, 0) is 11.3 Å². The van der Waals surface area contributed by atoms with Crippen LogP contribution in [0.25, 0.3) is 0 Å². The van der Waals surface area contributed by atoms with Crippen LogP contribution in [0.15, 0.2) is 18.2 Å². The third-order valence-electron chi connectivity index (χ3n) is 3.60. The highest BCUT2D eigenvalue weighted by Gasteiger charge is 2.54. The van der Waals surface area contributed by atoms with Gasteiger partial charge in [-0.15, -0.1) is 0 Å². The van der Waals surface area contributed by atoms with Gasteiger partial charge in [-0.05, 0) is 38.8 Å². The molecule has 2 rings (SSSR count). The van der Waals surface area contributed by atoms with Crippen molar-refractivity contribution >= 4 is 23.1 Å². The highest BCUT2D eigenvalue weighted by molar-refractivity contribution is 7.80. The number of carbonyl (C=O) groups is 1. The van der Waals surface area contributed by atoms with Crippen LogP contribution in [-0.4, -0.2) is 27.3 Å². The minimum Gasteiger partial charge on any atom is -0.392 e. The van der Waals surface area contributed by atoms with Gasteiger partial charge in [0.05, 0.1) is 22.6 Å². The van der Waals surface area contributed by atoms with Crippen molar-refractivity contribution < 1.29 is 4.79 Å². The van der Waals surface area contributed by atoms with Crippen LogP contribution in [0.5, 0.6) is 0 Å². The van der Waals surface area contributed by atoms with Gasteiger partial charge >= 0.3 is 0 Å². The molecule has 1 amide bonds. The molecule has 4 nitrogen and oxygen atoms in total. The molecular formula is C14H19N3OS. The van der Waals surface area contributed by atoms with Gasteiger partial charge in [0.25, 0.3) is 0 Å². The lowest BCUT2D eigenvalue weighted by atomic mass is 10.1. The Labute approximate surface area is 119 Å². The Morgan fingerprint density at radius 2 is 2.21 bits per heavy atom. The minimum atomic E-state index is -0.574. The molecule has 5 heteroatoms. The maximum Gasteiger partial charge on any atom is 0.235 e. The number of nitrogens with zero attached hydrogens (tertiary/aromatic N) is 2. The Morgan fingerprint density at radius 1 is 1.53 bits per heavy atom. The molecule has 2 N–H and O–H groups in total. The molecule has 0 saturated heterocycles. The number of thiocarbonyl (C=S) groups is 1. The van der Waals surface area contributed by atoms with Crippen LogP contribution in [0, 0.1) is 12.3 Å². The van der Waals surface area contributed by atoms with Crippen molar-refractivity contribution in [2.45, 2.75) is 33.2 Å². The molecule has 0 bridgehead atoms. The first kappa shape index (κ1) is 13.9. The summed E-state index contributed by atoms with van der Waals surface area (Å²) in [6.07, 6.45) is 1.55. The van der Waals surface area contributed by atoms with Gasteiger partial charge in [-0.25, -0.2) is 0 Å². The van der Waals surface area contributed by atoms with Crippen molar-refractivity contribution in [1.82, 2.24) is 9.88 Å². The van der Waals surface area contributed by atoms with E-state index in [9.17, 15) is 4.79 Å². The van der Waals surface area contributed by atoms with E-state index in [2.05, 4.69) is 4.98 Å².